The topological polar surface area (TPSA) is 53.1 Å². The smallest absolute Gasteiger partial charge is 0.352 e. The van der Waals surface area contributed by atoms with Crippen molar-refractivity contribution >= 4 is 16.9 Å². The van der Waals surface area contributed by atoms with Crippen molar-refractivity contribution in [3.8, 4) is 0 Å². The van der Waals surface area contributed by atoms with Crippen LogP contribution in [0.15, 0.2) is 18.2 Å². The Bertz CT molecular complexity index is 638. The number of unbranched alkanes of at least 4 members (excludes halogenated alkanes) is 1. The van der Waals surface area contributed by atoms with E-state index in [-0.39, 0.29) is 11.1 Å². The van der Waals surface area contributed by atoms with Gasteiger partial charge in [-0.1, -0.05) is 33.6 Å². The van der Waals surface area contributed by atoms with Crippen molar-refractivity contribution in [1.82, 2.24) is 4.98 Å². The number of aryl methyl sites for hydroxylation is 1. The second-order valence-electron chi connectivity index (χ2n) is 6.23. The van der Waals surface area contributed by atoms with Crippen LogP contribution in [-0.4, -0.2) is 16.1 Å². The first kappa shape index (κ1) is 14.6. The lowest BCUT2D eigenvalue weighted by Crippen LogP contribution is -2.18. The summed E-state index contributed by atoms with van der Waals surface area (Å²) in [5.74, 6) is -0.911. The Hall–Kier alpha value is -1.77. The van der Waals surface area contributed by atoms with E-state index in [9.17, 15) is 4.79 Å². The predicted molar refractivity (Wildman–Crippen MR) is 82.5 cm³/mol. The molecule has 0 unspecified atom stereocenters. The van der Waals surface area contributed by atoms with Gasteiger partial charge in [0.15, 0.2) is 0 Å². The number of H-pyrrole nitrogens is 1. The van der Waals surface area contributed by atoms with Crippen molar-refractivity contribution in [1.29, 1.82) is 0 Å². The van der Waals surface area contributed by atoms with Gasteiger partial charge < -0.3 is 10.1 Å². The summed E-state index contributed by atoms with van der Waals surface area (Å²) in [6, 6.07) is 5.90. The van der Waals surface area contributed by atoms with Crippen LogP contribution in [0, 0.1) is 6.92 Å². The second-order valence-corrected chi connectivity index (χ2v) is 6.23. The molecule has 0 aliphatic rings. The van der Waals surface area contributed by atoms with Crippen LogP contribution in [0.5, 0.6) is 0 Å². The summed E-state index contributed by atoms with van der Waals surface area (Å²) in [6.45, 7) is 8.84. The molecule has 0 spiro atoms. The van der Waals surface area contributed by atoms with E-state index in [4.69, 9.17) is 5.11 Å². The van der Waals surface area contributed by atoms with Gasteiger partial charge in [-0.3, -0.25) is 0 Å². The maximum atomic E-state index is 11.0. The summed E-state index contributed by atoms with van der Waals surface area (Å²) in [5, 5.41) is 10.0. The predicted octanol–water partition coefficient (Wildman–Crippen LogP) is 4.64. The molecule has 0 fully saturated rings. The van der Waals surface area contributed by atoms with Gasteiger partial charge in [-0.05, 0) is 48.1 Å². The Labute approximate surface area is 120 Å². The normalized spacial score (nSPS) is 12.0. The molecule has 0 atom stereocenters. The molecule has 2 aromatic rings. The number of fused-ring (bicyclic) bond motifs is 1. The van der Waals surface area contributed by atoms with Gasteiger partial charge in [-0.15, -0.1) is 0 Å². The van der Waals surface area contributed by atoms with Gasteiger partial charge in [0.05, 0.1) is 0 Å². The maximum absolute atomic E-state index is 11.0. The van der Waals surface area contributed by atoms with Crippen LogP contribution < -0.4 is 0 Å². The van der Waals surface area contributed by atoms with E-state index in [2.05, 4.69) is 44.8 Å². The molecule has 3 heteroatoms. The number of benzene rings is 1. The molecule has 0 aliphatic carbocycles. The average Bonchev–Trinajstić information content (AvgIpc) is 2.78. The highest BCUT2D eigenvalue weighted by molar-refractivity contribution is 5.94. The molecule has 0 amide bonds. The second kappa shape index (κ2) is 5.31. The van der Waals surface area contributed by atoms with E-state index >= 15 is 0 Å². The number of carboxylic acid groups (broad SMARTS) is 1. The number of aromatic amines is 1. The van der Waals surface area contributed by atoms with Gasteiger partial charge in [0, 0.05) is 10.9 Å². The number of carbonyl (C=O) groups is 1. The summed E-state index contributed by atoms with van der Waals surface area (Å²) < 4.78 is 0. The van der Waals surface area contributed by atoms with E-state index in [0.717, 1.165) is 17.3 Å². The van der Waals surface area contributed by atoms with Crippen LogP contribution in [0.3, 0.4) is 0 Å². The quantitative estimate of drug-likeness (QED) is 0.833. The molecule has 0 radical (unpaired) electrons. The highest BCUT2D eigenvalue weighted by Crippen LogP contribution is 2.34. The summed E-state index contributed by atoms with van der Waals surface area (Å²) in [4.78, 5) is 14.0. The van der Waals surface area contributed by atoms with E-state index in [0.29, 0.717) is 0 Å². The van der Waals surface area contributed by atoms with Gasteiger partial charge in [0.1, 0.15) is 5.69 Å². The minimum Gasteiger partial charge on any atom is -0.477 e. The van der Waals surface area contributed by atoms with E-state index in [1.54, 1.807) is 6.07 Å². The molecule has 0 aliphatic heterocycles. The van der Waals surface area contributed by atoms with Crippen molar-refractivity contribution in [2.75, 3.05) is 0 Å². The number of hydrogen-bond donors (Lipinski definition) is 2. The SMILES string of the molecule is CCCCC(C)(C)c1cc2[nH]c(C(=O)O)cc2cc1C. The molecule has 108 valence electrons. The molecule has 20 heavy (non-hydrogen) atoms. The number of aromatic carboxylic acids is 1. The van der Waals surface area contributed by atoms with E-state index in [1.165, 1.54) is 24.0 Å². The standard InChI is InChI=1S/C17H23NO2/c1-5-6-7-17(3,4)13-10-14-12(8-11(13)2)9-15(18-14)16(19)20/h8-10,18H,5-7H2,1-4H3,(H,19,20). The average molecular weight is 273 g/mol. The fourth-order valence-electron chi connectivity index (χ4n) is 2.89. The Kier molecular flexibility index (Phi) is 3.89. The number of hydrogen-bond acceptors (Lipinski definition) is 1. The van der Waals surface area contributed by atoms with Crippen LogP contribution in [0.25, 0.3) is 10.9 Å². The van der Waals surface area contributed by atoms with Crippen LogP contribution in [-0.2, 0) is 5.41 Å². The summed E-state index contributed by atoms with van der Waals surface area (Å²) >= 11 is 0. The number of nitrogens with one attached hydrogen (secondary N) is 1. The summed E-state index contributed by atoms with van der Waals surface area (Å²) in [7, 11) is 0. The molecular weight excluding hydrogens is 250 g/mol. The van der Waals surface area contributed by atoms with E-state index < -0.39 is 5.97 Å². The van der Waals surface area contributed by atoms with Crippen LogP contribution in [0.4, 0.5) is 0 Å². The molecule has 2 N–H and O–H groups in total. The molecule has 3 nitrogen and oxygen atoms in total. The Morgan fingerprint density at radius 1 is 1.30 bits per heavy atom. The molecular formula is C17H23NO2. The molecule has 2 rings (SSSR count). The van der Waals surface area contributed by atoms with Crippen molar-refractivity contribution in [2.45, 2.75) is 52.4 Å². The fourth-order valence-corrected chi connectivity index (χ4v) is 2.89. The minimum atomic E-state index is -0.911. The maximum Gasteiger partial charge on any atom is 0.352 e. The lowest BCUT2D eigenvalue weighted by molar-refractivity contribution is 0.0691. The first-order valence-corrected chi connectivity index (χ1v) is 7.22. The monoisotopic (exact) mass is 273 g/mol. The minimum absolute atomic E-state index is 0.114. The third-order valence-corrected chi connectivity index (χ3v) is 4.08. The van der Waals surface area contributed by atoms with Crippen LogP contribution in [0.1, 0.15) is 61.6 Å². The zero-order chi connectivity index (χ0) is 14.9. The number of carboxylic acids is 1. The first-order valence-electron chi connectivity index (χ1n) is 7.22. The molecule has 0 saturated heterocycles. The number of aromatic nitrogens is 1. The summed E-state index contributed by atoms with van der Waals surface area (Å²) in [6.07, 6.45) is 3.54. The molecule has 1 aromatic carbocycles. The van der Waals surface area contributed by atoms with Gasteiger partial charge in [0.2, 0.25) is 0 Å². The first-order chi connectivity index (χ1) is 9.35. The number of rotatable bonds is 5. The molecule has 1 heterocycles. The third kappa shape index (κ3) is 2.72. The highest BCUT2D eigenvalue weighted by Gasteiger charge is 2.23. The van der Waals surface area contributed by atoms with Crippen LogP contribution in [0.2, 0.25) is 0 Å². The lowest BCUT2D eigenvalue weighted by Gasteiger charge is -2.27. The highest BCUT2D eigenvalue weighted by atomic mass is 16.4. The summed E-state index contributed by atoms with van der Waals surface area (Å²) in [5.41, 5.74) is 3.81. The Morgan fingerprint density at radius 2 is 2.00 bits per heavy atom. The Morgan fingerprint density at radius 3 is 2.60 bits per heavy atom. The van der Waals surface area contributed by atoms with Crippen LogP contribution >= 0.6 is 0 Å². The molecule has 1 aromatic heterocycles. The zero-order valence-electron chi connectivity index (χ0n) is 12.7. The molecule has 0 bridgehead atoms. The molecule has 0 saturated carbocycles. The van der Waals surface area contributed by atoms with Crippen molar-refractivity contribution in [2.24, 2.45) is 0 Å². The van der Waals surface area contributed by atoms with Gasteiger partial charge in [-0.2, -0.15) is 0 Å². The Balaban J connectivity index is 2.49. The zero-order valence-corrected chi connectivity index (χ0v) is 12.7. The third-order valence-electron chi connectivity index (χ3n) is 4.08. The van der Waals surface area contributed by atoms with Crippen molar-refractivity contribution in [3.63, 3.8) is 0 Å². The van der Waals surface area contributed by atoms with Gasteiger partial charge in [0.25, 0.3) is 0 Å². The van der Waals surface area contributed by atoms with E-state index in [1.807, 2.05) is 0 Å². The fraction of sp³-hybridized carbons (Fsp3) is 0.471. The van der Waals surface area contributed by atoms with Gasteiger partial charge in [-0.25, -0.2) is 4.79 Å². The van der Waals surface area contributed by atoms with Crippen molar-refractivity contribution in [3.05, 3.63) is 35.0 Å². The van der Waals surface area contributed by atoms with Crippen molar-refractivity contribution < 1.29 is 9.90 Å². The largest absolute Gasteiger partial charge is 0.477 e. The lowest BCUT2D eigenvalue weighted by atomic mass is 9.78. The van der Waals surface area contributed by atoms with Gasteiger partial charge >= 0.3 is 5.97 Å².